The van der Waals surface area contributed by atoms with Crippen LogP contribution in [0.3, 0.4) is 0 Å². The van der Waals surface area contributed by atoms with Gasteiger partial charge < -0.3 is 5.32 Å². The van der Waals surface area contributed by atoms with Gasteiger partial charge in [-0.15, -0.1) is 0 Å². The van der Waals surface area contributed by atoms with Crippen molar-refractivity contribution < 1.29 is 4.79 Å². The molecule has 1 atom stereocenters. The smallest absolute Gasteiger partial charge is 0.266 e. The zero-order valence-electron chi connectivity index (χ0n) is 16.9. The van der Waals surface area contributed by atoms with E-state index in [4.69, 9.17) is 16.9 Å². The molecule has 0 aliphatic rings. The number of hydrogen-bond donors (Lipinski definition) is 1. The van der Waals surface area contributed by atoms with Gasteiger partial charge in [-0.05, 0) is 55.5 Å². The quantitative estimate of drug-likeness (QED) is 0.333. The first-order valence-electron chi connectivity index (χ1n) is 9.71. The number of hydrogen-bond acceptors (Lipinski definition) is 5. The molecule has 1 N–H and O–H groups in total. The Kier molecular flexibility index (Phi) is 6.26. The van der Waals surface area contributed by atoms with E-state index in [-0.39, 0.29) is 11.5 Å². The fourth-order valence-electron chi connectivity index (χ4n) is 3.16. The van der Waals surface area contributed by atoms with Crippen molar-refractivity contribution in [2.75, 3.05) is 5.32 Å². The van der Waals surface area contributed by atoms with Crippen molar-refractivity contribution in [2.45, 2.75) is 17.3 Å². The summed E-state index contributed by atoms with van der Waals surface area (Å²) in [6.07, 6.45) is 0. The maximum absolute atomic E-state index is 13.3. The molecule has 0 radical (unpaired) electrons. The van der Waals surface area contributed by atoms with Crippen molar-refractivity contribution in [3.05, 3.63) is 93.7 Å². The molecule has 158 valence electrons. The van der Waals surface area contributed by atoms with Crippen LogP contribution in [0.1, 0.15) is 12.5 Å². The summed E-state index contributed by atoms with van der Waals surface area (Å²) in [4.78, 5) is 30.8. The van der Waals surface area contributed by atoms with Crippen LogP contribution in [0.2, 0.25) is 5.02 Å². The van der Waals surface area contributed by atoms with Crippen LogP contribution in [0.5, 0.6) is 0 Å². The summed E-state index contributed by atoms with van der Waals surface area (Å²) in [5, 5.41) is 12.6. The molecule has 1 heterocycles. The minimum Gasteiger partial charge on any atom is -0.325 e. The first-order chi connectivity index (χ1) is 15.5. The van der Waals surface area contributed by atoms with Crippen molar-refractivity contribution in [2.24, 2.45) is 0 Å². The molecule has 0 aliphatic heterocycles. The normalized spacial score (nSPS) is 11.7. The molecule has 0 aliphatic carbocycles. The van der Waals surface area contributed by atoms with E-state index in [2.05, 4.69) is 10.3 Å². The highest BCUT2D eigenvalue weighted by atomic mass is 35.5. The van der Waals surface area contributed by atoms with Gasteiger partial charge in [0.2, 0.25) is 5.91 Å². The molecule has 1 aromatic heterocycles. The Labute approximate surface area is 193 Å². The number of amides is 1. The molecule has 0 saturated heterocycles. The maximum Gasteiger partial charge on any atom is 0.266 e. The molecular formula is C24H17ClN4O2S. The van der Waals surface area contributed by atoms with Crippen LogP contribution in [0.15, 0.2) is 82.7 Å². The number of para-hydroxylation sites is 1. The number of nitrogens with zero attached hydrogens (tertiary/aromatic N) is 3. The van der Waals surface area contributed by atoms with E-state index in [1.54, 1.807) is 73.7 Å². The van der Waals surface area contributed by atoms with E-state index in [1.165, 1.54) is 16.3 Å². The molecule has 4 aromatic rings. The van der Waals surface area contributed by atoms with Gasteiger partial charge in [-0.2, -0.15) is 5.26 Å². The minimum atomic E-state index is -0.570. The first kappa shape index (κ1) is 21.6. The lowest BCUT2D eigenvalue weighted by molar-refractivity contribution is -0.115. The fourth-order valence-corrected chi connectivity index (χ4v) is 4.27. The van der Waals surface area contributed by atoms with Gasteiger partial charge in [0.1, 0.15) is 0 Å². The summed E-state index contributed by atoms with van der Waals surface area (Å²) in [7, 11) is 0. The number of carbonyl (C=O) groups excluding carboxylic acids is 1. The average molecular weight is 461 g/mol. The van der Waals surface area contributed by atoms with Gasteiger partial charge in [-0.25, -0.2) is 4.98 Å². The van der Waals surface area contributed by atoms with Gasteiger partial charge in [0, 0.05) is 10.7 Å². The standard InChI is InChI=1S/C24H17ClN4O2S/c1-15(22(30)27-18-8-4-6-16(12-18)14-26)32-24-28-21-11-3-2-10-20(21)23(31)29(24)19-9-5-7-17(25)13-19/h2-13,15H,1H3,(H,27,30). The highest BCUT2D eigenvalue weighted by Gasteiger charge is 2.20. The number of benzene rings is 3. The molecule has 0 fully saturated rings. The lowest BCUT2D eigenvalue weighted by Crippen LogP contribution is -2.26. The average Bonchev–Trinajstić information content (AvgIpc) is 2.79. The third kappa shape index (κ3) is 4.52. The van der Waals surface area contributed by atoms with E-state index in [1.807, 2.05) is 12.1 Å². The van der Waals surface area contributed by atoms with Gasteiger partial charge in [0.05, 0.1) is 33.5 Å². The summed E-state index contributed by atoms with van der Waals surface area (Å²) in [6, 6.07) is 22.7. The van der Waals surface area contributed by atoms with Gasteiger partial charge in [0.15, 0.2) is 5.16 Å². The molecule has 3 aromatic carbocycles. The number of fused-ring (bicyclic) bond motifs is 1. The van der Waals surface area contributed by atoms with E-state index in [0.717, 1.165) is 0 Å². The monoisotopic (exact) mass is 460 g/mol. The molecule has 1 unspecified atom stereocenters. The largest absolute Gasteiger partial charge is 0.325 e. The SMILES string of the molecule is CC(Sc1nc2ccccc2c(=O)n1-c1cccc(Cl)c1)C(=O)Nc1cccc(C#N)c1. The van der Waals surface area contributed by atoms with Gasteiger partial charge in [-0.3, -0.25) is 14.2 Å². The summed E-state index contributed by atoms with van der Waals surface area (Å²) in [6.45, 7) is 1.73. The predicted octanol–water partition coefficient (Wildman–Crippen LogP) is 5.03. The minimum absolute atomic E-state index is 0.241. The molecule has 1 amide bonds. The van der Waals surface area contributed by atoms with Crippen LogP contribution in [0.25, 0.3) is 16.6 Å². The Morgan fingerprint density at radius 1 is 1.12 bits per heavy atom. The van der Waals surface area contributed by atoms with Crippen LogP contribution in [-0.2, 0) is 4.79 Å². The van der Waals surface area contributed by atoms with Crippen molar-refractivity contribution in [1.82, 2.24) is 9.55 Å². The number of nitriles is 1. The fraction of sp³-hybridized carbons (Fsp3) is 0.0833. The number of aromatic nitrogens is 2. The molecule has 4 rings (SSSR count). The molecule has 8 heteroatoms. The van der Waals surface area contributed by atoms with Crippen molar-refractivity contribution >= 4 is 45.9 Å². The molecule has 0 bridgehead atoms. The number of carbonyl (C=O) groups is 1. The highest BCUT2D eigenvalue weighted by Crippen LogP contribution is 2.27. The van der Waals surface area contributed by atoms with E-state index >= 15 is 0 Å². The highest BCUT2D eigenvalue weighted by molar-refractivity contribution is 8.00. The van der Waals surface area contributed by atoms with Crippen LogP contribution in [0.4, 0.5) is 5.69 Å². The Bertz CT molecular complexity index is 1430. The zero-order valence-corrected chi connectivity index (χ0v) is 18.5. The second-order valence-corrected chi connectivity index (χ2v) is 8.72. The number of anilines is 1. The van der Waals surface area contributed by atoms with E-state index in [9.17, 15) is 9.59 Å². The number of nitrogens with one attached hydrogen (secondary N) is 1. The molecule has 6 nitrogen and oxygen atoms in total. The molecule has 32 heavy (non-hydrogen) atoms. The van der Waals surface area contributed by atoms with Crippen LogP contribution in [0, 0.1) is 11.3 Å². The van der Waals surface area contributed by atoms with Crippen molar-refractivity contribution in [3.63, 3.8) is 0 Å². The Morgan fingerprint density at radius 2 is 1.91 bits per heavy atom. The Balaban J connectivity index is 1.71. The van der Waals surface area contributed by atoms with Gasteiger partial charge in [-0.1, -0.05) is 47.6 Å². The topological polar surface area (TPSA) is 87.8 Å². The third-order valence-electron chi connectivity index (χ3n) is 4.72. The second-order valence-electron chi connectivity index (χ2n) is 6.97. The summed E-state index contributed by atoms with van der Waals surface area (Å²) >= 11 is 7.33. The lowest BCUT2D eigenvalue weighted by atomic mass is 10.2. The van der Waals surface area contributed by atoms with E-state index < -0.39 is 5.25 Å². The van der Waals surface area contributed by atoms with Crippen LogP contribution < -0.4 is 10.9 Å². The number of thioether (sulfide) groups is 1. The molecular weight excluding hydrogens is 444 g/mol. The number of halogens is 1. The Hall–Kier alpha value is -3.60. The second kappa shape index (κ2) is 9.27. The van der Waals surface area contributed by atoms with Gasteiger partial charge >= 0.3 is 0 Å². The summed E-state index contributed by atoms with van der Waals surface area (Å²) < 4.78 is 1.47. The summed E-state index contributed by atoms with van der Waals surface area (Å²) in [5.74, 6) is -0.273. The Morgan fingerprint density at radius 3 is 2.69 bits per heavy atom. The molecule has 0 saturated carbocycles. The predicted molar refractivity (Wildman–Crippen MR) is 127 cm³/mol. The first-order valence-corrected chi connectivity index (χ1v) is 11.0. The third-order valence-corrected chi connectivity index (χ3v) is 6.01. The maximum atomic E-state index is 13.3. The van der Waals surface area contributed by atoms with E-state index in [0.29, 0.717) is 38.0 Å². The molecule has 0 spiro atoms. The number of rotatable bonds is 5. The van der Waals surface area contributed by atoms with Crippen LogP contribution >= 0.6 is 23.4 Å². The zero-order chi connectivity index (χ0) is 22.7. The van der Waals surface area contributed by atoms with Crippen LogP contribution in [-0.4, -0.2) is 20.7 Å². The van der Waals surface area contributed by atoms with Gasteiger partial charge in [0.25, 0.3) is 5.56 Å². The van der Waals surface area contributed by atoms with Crippen molar-refractivity contribution in [3.8, 4) is 11.8 Å². The summed E-state index contributed by atoms with van der Waals surface area (Å²) in [5.41, 5.74) is 1.86. The van der Waals surface area contributed by atoms with Crippen molar-refractivity contribution in [1.29, 1.82) is 5.26 Å². The lowest BCUT2D eigenvalue weighted by Gasteiger charge is -2.16.